The number of ether oxygens (including phenoxy) is 1. The highest BCUT2D eigenvalue weighted by Gasteiger charge is 2.27. The number of hydrogen-bond donors (Lipinski definition) is 0. The molecule has 1 aliphatic carbocycles. The SMILES string of the molecule is CCOC(=O)c1nn(-c2ccc(Br)cc2)c2nc3ncc4c(c3c(=O)n12)-c1ccccc1CC4. The molecule has 3 aromatic heterocycles. The van der Waals surface area contributed by atoms with Crippen molar-refractivity contribution in [3.63, 3.8) is 0 Å². The Morgan fingerprint density at radius 3 is 2.65 bits per heavy atom. The molecule has 0 saturated carbocycles. The highest BCUT2D eigenvalue weighted by Crippen LogP contribution is 2.36. The second-order valence-electron chi connectivity index (χ2n) is 8.00. The molecule has 0 bridgehead atoms. The van der Waals surface area contributed by atoms with E-state index >= 15 is 0 Å². The Kier molecular flexibility index (Phi) is 4.80. The molecule has 0 amide bonds. The summed E-state index contributed by atoms with van der Waals surface area (Å²) in [5, 5.41) is 4.83. The fourth-order valence-corrected chi connectivity index (χ4v) is 4.79. The molecule has 168 valence electrons. The number of pyridine rings is 1. The van der Waals surface area contributed by atoms with E-state index in [1.807, 2.05) is 42.5 Å². The number of fused-ring (bicyclic) bond motifs is 6. The second kappa shape index (κ2) is 7.88. The molecule has 6 rings (SSSR count). The van der Waals surface area contributed by atoms with Gasteiger partial charge in [0.25, 0.3) is 5.56 Å². The van der Waals surface area contributed by atoms with Crippen molar-refractivity contribution in [1.29, 1.82) is 0 Å². The van der Waals surface area contributed by atoms with Gasteiger partial charge < -0.3 is 4.74 Å². The summed E-state index contributed by atoms with van der Waals surface area (Å²) in [5.41, 5.74) is 4.54. The van der Waals surface area contributed by atoms with Gasteiger partial charge in [-0.05, 0) is 60.7 Å². The van der Waals surface area contributed by atoms with E-state index in [-0.39, 0.29) is 18.2 Å². The average molecular weight is 516 g/mol. The molecule has 34 heavy (non-hydrogen) atoms. The Bertz CT molecular complexity index is 1670. The quantitative estimate of drug-likeness (QED) is 0.335. The van der Waals surface area contributed by atoms with Crippen LogP contribution in [0.2, 0.25) is 0 Å². The largest absolute Gasteiger partial charge is 0.460 e. The van der Waals surface area contributed by atoms with Crippen LogP contribution in [0.4, 0.5) is 0 Å². The van der Waals surface area contributed by atoms with Crippen molar-refractivity contribution in [2.45, 2.75) is 19.8 Å². The van der Waals surface area contributed by atoms with Crippen LogP contribution in [0.25, 0.3) is 33.6 Å². The molecule has 0 saturated heterocycles. The number of esters is 1. The Hall–Kier alpha value is -3.85. The maximum Gasteiger partial charge on any atom is 0.376 e. The first-order valence-corrected chi connectivity index (χ1v) is 11.7. The van der Waals surface area contributed by atoms with Gasteiger partial charge in [0.1, 0.15) is 0 Å². The topological polar surface area (TPSA) is 91.4 Å². The molecule has 0 atom stereocenters. The van der Waals surface area contributed by atoms with Gasteiger partial charge in [-0.1, -0.05) is 40.2 Å². The highest BCUT2D eigenvalue weighted by atomic mass is 79.9. The van der Waals surface area contributed by atoms with Crippen LogP contribution in [0.1, 0.15) is 28.7 Å². The van der Waals surface area contributed by atoms with Crippen LogP contribution in [0.15, 0.2) is 64.0 Å². The molecule has 2 aromatic carbocycles. The summed E-state index contributed by atoms with van der Waals surface area (Å²) in [7, 11) is 0. The monoisotopic (exact) mass is 515 g/mol. The Morgan fingerprint density at radius 1 is 1.09 bits per heavy atom. The third-order valence-electron chi connectivity index (χ3n) is 6.04. The number of nitrogens with zero attached hydrogens (tertiary/aromatic N) is 5. The summed E-state index contributed by atoms with van der Waals surface area (Å²) in [4.78, 5) is 36.1. The van der Waals surface area contributed by atoms with Gasteiger partial charge >= 0.3 is 5.97 Å². The second-order valence-corrected chi connectivity index (χ2v) is 8.91. The van der Waals surface area contributed by atoms with Crippen LogP contribution in [0.5, 0.6) is 0 Å². The lowest BCUT2D eigenvalue weighted by Crippen LogP contribution is -2.22. The number of carbonyl (C=O) groups is 1. The number of aryl methyl sites for hydroxylation is 2. The number of aromatic nitrogens is 5. The van der Waals surface area contributed by atoms with E-state index in [4.69, 9.17) is 9.72 Å². The van der Waals surface area contributed by atoms with Crippen LogP contribution < -0.4 is 5.56 Å². The van der Waals surface area contributed by atoms with Crippen molar-refractivity contribution >= 4 is 38.7 Å². The summed E-state index contributed by atoms with van der Waals surface area (Å²) < 4.78 is 8.81. The molecule has 0 unspecified atom stereocenters. The summed E-state index contributed by atoms with van der Waals surface area (Å²) >= 11 is 3.42. The van der Waals surface area contributed by atoms with Crippen molar-refractivity contribution in [2.24, 2.45) is 0 Å². The lowest BCUT2D eigenvalue weighted by Gasteiger charge is -2.20. The van der Waals surface area contributed by atoms with Gasteiger partial charge in [-0.25, -0.2) is 14.2 Å². The summed E-state index contributed by atoms with van der Waals surface area (Å²) in [6, 6.07) is 15.4. The average Bonchev–Trinajstić information content (AvgIpc) is 3.24. The molecule has 9 heteroatoms. The number of halogens is 1. The minimum atomic E-state index is -0.690. The normalized spacial score (nSPS) is 12.5. The molecule has 0 aliphatic heterocycles. The molecule has 3 heterocycles. The lowest BCUT2D eigenvalue weighted by atomic mass is 9.85. The van der Waals surface area contributed by atoms with Crippen LogP contribution in [0.3, 0.4) is 0 Å². The molecule has 0 fully saturated rings. The first kappa shape index (κ1) is 20.7. The van der Waals surface area contributed by atoms with Crippen molar-refractivity contribution in [1.82, 2.24) is 24.1 Å². The van der Waals surface area contributed by atoms with Crippen LogP contribution in [-0.4, -0.2) is 36.7 Å². The smallest absolute Gasteiger partial charge is 0.376 e. The minimum Gasteiger partial charge on any atom is -0.460 e. The van der Waals surface area contributed by atoms with Crippen LogP contribution >= 0.6 is 15.9 Å². The standard InChI is InChI=1S/C25H18BrN5O3/c1-2-34-24(33)22-29-31(17-11-9-16(26)10-12-17)25-28-21-20(23(32)30(22)25)19-15(13-27-21)8-7-14-5-3-4-6-18(14)19/h3-6,9-13H,2,7-8H2,1H3. The Balaban J connectivity index is 1.73. The van der Waals surface area contributed by atoms with Crippen molar-refractivity contribution < 1.29 is 9.53 Å². The van der Waals surface area contributed by atoms with E-state index in [0.29, 0.717) is 16.7 Å². The lowest BCUT2D eigenvalue weighted by molar-refractivity contribution is 0.0509. The third kappa shape index (κ3) is 3.07. The Morgan fingerprint density at radius 2 is 1.85 bits per heavy atom. The van der Waals surface area contributed by atoms with Gasteiger partial charge in [0.15, 0.2) is 5.65 Å². The third-order valence-corrected chi connectivity index (χ3v) is 6.56. The van der Waals surface area contributed by atoms with E-state index in [1.165, 1.54) is 14.6 Å². The van der Waals surface area contributed by atoms with E-state index in [9.17, 15) is 9.59 Å². The van der Waals surface area contributed by atoms with E-state index in [0.717, 1.165) is 34.0 Å². The van der Waals surface area contributed by atoms with Crippen LogP contribution in [0, 0.1) is 0 Å². The zero-order valence-electron chi connectivity index (χ0n) is 18.2. The fraction of sp³-hybridized carbons (Fsp3) is 0.160. The highest BCUT2D eigenvalue weighted by molar-refractivity contribution is 9.10. The number of benzene rings is 2. The van der Waals surface area contributed by atoms with E-state index < -0.39 is 11.5 Å². The Labute approximate surface area is 202 Å². The summed E-state index contributed by atoms with van der Waals surface area (Å²) in [6.07, 6.45) is 3.45. The van der Waals surface area contributed by atoms with E-state index in [1.54, 1.807) is 13.1 Å². The van der Waals surface area contributed by atoms with Gasteiger partial charge in [-0.15, -0.1) is 5.10 Å². The molecular formula is C25H18BrN5O3. The summed E-state index contributed by atoms with van der Waals surface area (Å²) in [6.45, 7) is 1.87. The molecule has 0 radical (unpaired) electrons. The van der Waals surface area contributed by atoms with Gasteiger partial charge in [-0.3, -0.25) is 4.79 Å². The maximum absolute atomic E-state index is 14.0. The van der Waals surface area contributed by atoms with Crippen molar-refractivity contribution in [3.8, 4) is 16.8 Å². The van der Waals surface area contributed by atoms with Gasteiger partial charge in [0.05, 0.1) is 17.7 Å². The first-order valence-electron chi connectivity index (χ1n) is 10.9. The van der Waals surface area contributed by atoms with Gasteiger partial charge in [0, 0.05) is 16.2 Å². The number of rotatable bonds is 3. The van der Waals surface area contributed by atoms with Crippen LogP contribution in [-0.2, 0) is 17.6 Å². The molecule has 0 spiro atoms. The summed E-state index contributed by atoms with van der Waals surface area (Å²) in [5.74, 6) is -0.620. The molecular weight excluding hydrogens is 498 g/mol. The van der Waals surface area contributed by atoms with Gasteiger partial charge in [-0.2, -0.15) is 9.67 Å². The van der Waals surface area contributed by atoms with E-state index in [2.05, 4.69) is 32.1 Å². The zero-order valence-corrected chi connectivity index (χ0v) is 19.7. The molecule has 8 nitrogen and oxygen atoms in total. The molecule has 0 N–H and O–H groups in total. The zero-order chi connectivity index (χ0) is 23.4. The first-order chi connectivity index (χ1) is 16.6. The molecule has 5 aromatic rings. The minimum absolute atomic E-state index is 0.124. The van der Waals surface area contributed by atoms with Crippen molar-refractivity contribution in [3.05, 3.63) is 86.5 Å². The number of carbonyl (C=O) groups excluding carboxylic acids is 1. The predicted molar refractivity (Wildman–Crippen MR) is 130 cm³/mol. The fourth-order valence-electron chi connectivity index (χ4n) is 4.52. The van der Waals surface area contributed by atoms with Gasteiger partial charge in [0.2, 0.25) is 11.6 Å². The molecule has 1 aliphatic rings. The maximum atomic E-state index is 14.0. The van der Waals surface area contributed by atoms with Crippen molar-refractivity contribution in [2.75, 3.05) is 6.61 Å². The predicted octanol–water partition coefficient (Wildman–Crippen LogP) is 4.13. The number of hydrogen-bond acceptors (Lipinski definition) is 6.